The molecule has 0 unspecified atom stereocenters. The van der Waals surface area contributed by atoms with Gasteiger partial charge in [-0.3, -0.25) is 0 Å². The van der Waals surface area contributed by atoms with Crippen LogP contribution in [0.1, 0.15) is 36.6 Å². The summed E-state index contributed by atoms with van der Waals surface area (Å²) in [5, 5.41) is 3.31. The van der Waals surface area contributed by atoms with Crippen LogP contribution >= 0.6 is 0 Å². The Morgan fingerprint density at radius 2 is 2.16 bits per heavy atom. The molecule has 108 valence electrons. The first-order chi connectivity index (χ1) is 9.21. The van der Waals surface area contributed by atoms with Crippen molar-refractivity contribution in [2.24, 2.45) is 0 Å². The second kappa shape index (κ2) is 8.72. The highest BCUT2D eigenvalue weighted by molar-refractivity contribution is 5.86. The largest absolute Gasteiger partial charge is 0.463 e. The molecule has 0 amide bonds. The zero-order chi connectivity index (χ0) is 14.1. The number of rotatable bonds is 9. The zero-order valence-electron chi connectivity index (χ0n) is 12.1. The van der Waals surface area contributed by atoms with E-state index in [-0.39, 0.29) is 5.76 Å². The molecule has 0 radical (unpaired) electrons. The van der Waals surface area contributed by atoms with E-state index in [1.807, 2.05) is 0 Å². The van der Waals surface area contributed by atoms with Gasteiger partial charge in [-0.05, 0) is 31.6 Å². The Kier molecular flexibility index (Phi) is 7.22. The van der Waals surface area contributed by atoms with E-state index in [9.17, 15) is 4.79 Å². The maximum absolute atomic E-state index is 11.2. The van der Waals surface area contributed by atoms with Crippen LogP contribution in [-0.2, 0) is 11.3 Å². The van der Waals surface area contributed by atoms with Crippen molar-refractivity contribution in [1.82, 2.24) is 10.2 Å². The van der Waals surface area contributed by atoms with Gasteiger partial charge in [0, 0.05) is 13.1 Å². The lowest BCUT2D eigenvalue weighted by Gasteiger charge is -2.19. The fourth-order valence-electron chi connectivity index (χ4n) is 1.88. The van der Waals surface area contributed by atoms with Gasteiger partial charge in [0.1, 0.15) is 5.76 Å². The Morgan fingerprint density at radius 3 is 2.79 bits per heavy atom. The first kappa shape index (κ1) is 15.7. The number of nitrogens with zero attached hydrogens (tertiary/aromatic N) is 1. The van der Waals surface area contributed by atoms with Crippen molar-refractivity contribution in [3.05, 3.63) is 23.7 Å². The van der Waals surface area contributed by atoms with E-state index in [1.165, 1.54) is 13.5 Å². The molecule has 19 heavy (non-hydrogen) atoms. The van der Waals surface area contributed by atoms with Crippen molar-refractivity contribution in [3.63, 3.8) is 0 Å². The van der Waals surface area contributed by atoms with Crippen LogP contribution in [0.15, 0.2) is 16.5 Å². The lowest BCUT2D eigenvalue weighted by molar-refractivity contribution is 0.0563. The molecule has 0 saturated heterocycles. The highest BCUT2D eigenvalue weighted by Gasteiger charge is 2.10. The molecule has 0 aliphatic rings. The maximum Gasteiger partial charge on any atom is 0.373 e. The molecular weight excluding hydrogens is 244 g/mol. The van der Waals surface area contributed by atoms with E-state index < -0.39 is 5.97 Å². The number of methoxy groups -OCH3 is 1. The van der Waals surface area contributed by atoms with Gasteiger partial charge in [0.2, 0.25) is 5.76 Å². The number of ether oxygens (including phenoxy) is 1. The second-order valence-electron chi connectivity index (χ2n) is 4.37. The summed E-state index contributed by atoms with van der Waals surface area (Å²) in [4.78, 5) is 13.6. The smallest absolute Gasteiger partial charge is 0.373 e. The molecule has 1 aromatic heterocycles. The highest BCUT2D eigenvalue weighted by Crippen LogP contribution is 2.08. The monoisotopic (exact) mass is 268 g/mol. The maximum atomic E-state index is 11.2. The lowest BCUT2D eigenvalue weighted by Crippen LogP contribution is -2.32. The minimum absolute atomic E-state index is 0.250. The summed E-state index contributed by atoms with van der Waals surface area (Å²) in [5.74, 6) is 0.561. The third-order valence-corrected chi connectivity index (χ3v) is 2.94. The Morgan fingerprint density at radius 1 is 1.37 bits per heavy atom. The number of nitrogens with one attached hydrogen (secondary N) is 1. The van der Waals surface area contributed by atoms with Crippen LogP contribution < -0.4 is 5.32 Å². The van der Waals surface area contributed by atoms with E-state index in [2.05, 4.69) is 28.8 Å². The van der Waals surface area contributed by atoms with Crippen LogP contribution in [0.3, 0.4) is 0 Å². The van der Waals surface area contributed by atoms with Gasteiger partial charge in [0.25, 0.3) is 0 Å². The zero-order valence-corrected chi connectivity index (χ0v) is 12.1. The normalized spacial score (nSPS) is 10.9. The summed E-state index contributed by atoms with van der Waals surface area (Å²) < 4.78 is 9.95. The van der Waals surface area contributed by atoms with Crippen LogP contribution in [0.5, 0.6) is 0 Å². The molecule has 1 heterocycles. The highest BCUT2D eigenvalue weighted by atomic mass is 16.5. The van der Waals surface area contributed by atoms with Gasteiger partial charge in [-0.2, -0.15) is 0 Å². The van der Waals surface area contributed by atoms with Crippen molar-refractivity contribution >= 4 is 5.97 Å². The molecule has 0 aromatic carbocycles. The van der Waals surface area contributed by atoms with Gasteiger partial charge in [0.15, 0.2) is 0 Å². The van der Waals surface area contributed by atoms with Crippen molar-refractivity contribution in [2.75, 3.05) is 33.3 Å². The topological polar surface area (TPSA) is 54.7 Å². The molecule has 5 heteroatoms. The van der Waals surface area contributed by atoms with Crippen LogP contribution in [0, 0.1) is 0 Å². The summed E-state index contributed by atoms with van der Waals surface area (Å²) in [5.41, 5.74) is 0. The summed E-state index contributed by atoms with van der Waals surface area (Å²) in [6.45, 7) is 9.12. The molecular formula is C14H24N2O3. The predicted octanol–water partition coefficient (Wildman–Crippen LogP) is 1.89. The number of hydrogen-bond donors (Lipinski definition) is 1. The minimum atomic E-state index is -0.439. The third-order valence-electron chi connectivity index (χ3n) is 2.94. The summed E-state index contributed by atoms with van der Waals surface area (Å²) in [7, 11) is 1.34. The molecule has 1 N–H and O–H groups in total. The van der Waals surface area contributed by atoms with Crippen LogP contribution in [0.2, 0.25) is 0 Å². The Bertz CT molecular complexity index is 377. The van der Waals surface area contributed by atoms with Gasteiger partial charge in [-0.25, -0.2) is 4.79 Å². The Hall–Kier alpha value is -1.33. The molecule has 0 saturated carbocycles. The van der Waals surface area contributed by atoms with Crippen LogP contribution in [0.25, 0.3) is 0 Å². The van der Waals surface area contributed by atoms with E-state index >= 15 is 0 Å². The lowest BCUT2D eigenvalue weighted by atomic mass is 10.4. The molecule has 0 fully saturated rings. The third kappa shape index (κ3) is 5.44. The second-order valence-corrected chi connectivity index (χ2v) is 4.37. The van der Waals surface area contributed by atoms with Gasteiger partial charge in [-0.1, -0.05) is 13.8 Å². The summed E-state index contributed by atoms with van der Waals surface area (Å²) in [6, 6.07) is 3.43. The summed E-state index contributed by atoms with van der Waals surface area (Å²) in [6.07, 6.45) is 1.18. The van der Waals surface area contributed by atoms with Gasteiger partial charge < -0.3 is 19.4 Å². The SMILES string of the molecule is CCCN(CC)CCNCc1ccc(C(=O)OC)o1. The molecule has 1 aromatic rings. The van der Waals surface area contributed by atoms with Crippen molar-refractivity contribution < 1.29 is 13.9 Å². The predicted molar refractivity (Wildman–Crippen MR) is 74.2 cm³/mol. The van der Waals surface area contributed by atoms with Gasteiger partial charge in [-0.15, -0.1) is 0 Å². The molecule has 0 aliphatic heterocycles. The first-order valence-electron chi connectivity index (χ1n) is 6.81. The van der Waals surface area contributed by atoms with Crippen molar-refractivity contribution in [2.45, 2.75) is 26.8 Å². The Labute approximate surface area is 114 Å². The van der Waals surface area contributed by atoms with Crippen molar-refractivity contribution in [1.29, 1.82) is 0 Å². The first-order valence-corrected chi connectivity index (χ1v) is 6.81. The fraction of sp³-hybridized carbons (Fsp3) is 0.643. The number of hydrogen-bond acceptors (Lipinski definition) is 5. The molecule has 0 atom stereocenters. The molecule has 0 aliphatic carbocycles. The molecule has 0 bridgehead atoms. The van der Waals surface area contributed by atoms with Crippen LogP contribution in [-0.4, -0.2) is 44.2 Å². The molecule has 0 spiro atoms. The number of furan rings is 1. The van der Waals surface area contributed by atoms with E-state index in [0.29, 0.717) is 6.54 Å². The van der Waals surface area contributed by atoms with Crippen LogP contribution in [0.4, 0.5) is 0 Å². The summed E-state index contributed by atoms with van der Waals surface area (Å²) >= 11 is 0. The van der Waals surface area contributed by atoms with E-state index in [4.69, 9.17) is 4.42 Å². The molecule has 5 nitrogen and oxygen atoms in total. The fourth-order valence-corrected chi connectivity index (χ4v) is 1.88. The minimum Gasteiger partial charge on any atom is -0.463 e. The van der Waals surface area contributed by atoms with E-state index in [0.717, 1.165) is 31.9 Å². The Balaban J connectivity index is 2.25. The average molecular weight is 268 g/mol. The van der Waals surface area contributed by atoms with Gasteiger partial charge in [0.05, 0.1) is 13.7 Å². The number of esters is 1. The van der Waals surface area contributed by atoms with Crippen molar-refractivity contribution in [3.8, 4) is 0 Å². The van der Waals surface area contributed by atoms with Gasteiger partial charge >= 0.3 is 5.97 Å². The number of likely N-dealkylation sites (N-methyl/N-ethyl adjacent to an activating group) is 1. The average Bonchev–Trinajstić information content (AvgIpc) is 2.90. The standard InChI is InChI=1S/C14H24N2O3/c1-4-9-16(5-2)10-8-15-11-12-6-7-13(19-12)14(17)18-3/h6-7,15H,4-5,8-11H2,1-3H3. The number of carbonyl (C=O) groups excluding carboxylic acids is 1. The quantitative estimate of drug-likeness (QED) is 0.547. The molecule has 1 rings (SSSR count). The number of carbonyl (C=O) groups is 1. The van der Waals surface area contributed by atoms with E-state index in [1.54, 1.807) is 12.1 Å².